The van der Waals surface area contributed by atoms with Crippen LogP contribution in [0.4, 0.5) is 0 Å². The van der Waals surface area contributed by atoms with Crippen molar-refractivity contribution < 1.29 is 5.11 Å². The number of fused-ring (bicyclic) bond motifs is 3. The van der Waals surface area contributed by atoms with Crippen LogP contribution < -0.4 is 5.69 Å². The monoisotopic (exact) mass is 272 g/mol. The van der Waals surface area contributed by atoms with Gasteiger partial charge in [-0.05, 0) is 61.1 Å². The minimum absolute atomic E-state index is 0.195. The number of nitrogens with one attached hydrogen (secondary N) is 2. The Morgan fingerprint density at radius 2 is 2.05 bits per heavy atom. The SMILES string of the molecule is O=c1[nH]c2ccc(C(O)CC3CC4CCC3C4)cc2[nH]1. The van der Waals surface area contributed by atoms with Gasteiger partial charge in [0.05, 0.1) is 17.1 Å². The number of hydrogen-bond acceptors (Lipinski definition) is 2. The lowest BCUT2D eigenvalue weighted by atomic mass is 9.83. The number of aliphatic hydroxyl groups is 1. The molecule has 2 saturated carbocycles. The molecule has 0 spiro atoms. The topological polar surface area (TPSA) is 68.9 Å². The van der Waals surface area contributed by atoms with E-state index in [2.05, 4.69) is 9.97 Å². The molecular weight excluding hydrogens is 252 g/mol. The Kier molecular flexibility index (Phi) is 2.74. The van der Waals surface area contributed by atoms with Crippen LogP contribution in [0.5, 0.6) is 0 Å². The van der Waals surface area contributed by atoms with Gasteiger partial charge in [0.1, 0.15) is 0 Å². The molecule has 4 rings (SSSR count). The van der Waals surface area contributed by atoms with Gasteiger partial charge in [-0.25, -0.2) is 4.79 Å². The number of hydrogen-bond donors (Lipinski definition) is 3. The quantitative estimate of drug-likeness (QED) is 0.804. The maximum atomic E-state index is 11.3. The van der Waals surface area contributed by atoms with E-state index in [1.807, 2.05) is 18.2 Å². The molecule has 2 fully saturated rings. The first-order valence-corrected chi connectivity index (χ1v) is 7.59. The number of rotatable bonds is 3. The van der Waals surface area contributed by atoms with Crippen molar-refractivity contribution in [1.82, 2.24) is 9.97 Å². The van der Waals surface area contributed by atoms with Crippen molar-refractivity contribution in [1.29, 1.82) is 0 Å². The number of aromatic nitrogens is 2. The summed E-state index contributed by atoms with van der Waals surface area (Å²) in [7, 11) is 0. The lowest BCUT2D eigenvalue weighted by molar-refractivity contribution is 0.125. The van der Waals surface area contributed by atoms with E-state index in [-0.39, 0.29) is 5.69 Å². The van der Waals surface area contributed by atoms with Gasteiger partial charge in [-0.3, -0.25) is 0 Å². The number of imidazole rings is 1. The molecule has 0 aliphatic heterocycles. The smallest absolute Gasteiger partial charge is 0.323 e. The van der Waals surface area contributed by atoms with Crippen LogP contribution in [0.15, 0.2) is 23.0 Å². The number of aliphatic hydroxyl groups excluding tert-OH is 1. The van der Waals surface area contributed by atoms with Gasteiger partial charge in [-0.15, -0.1) is 0 Å². The van der Waals surface area contributed by atoms with Crippen LogP contribution in [0.3, 0.4) is 0 Å². The van der Waals surface area contributed by atoms with Crippen LogP contribution in [0, 0.1) is 17.8 Å². The highest BCUT2D eigenvalue weighted by Crippen LogP contribution is 2.50. The van der Waals surface area contributed by atoms with Gasteiger partial charge in [-0.1, -0.05) is 12.5 Å². The van der Waals surface area contributed by atoms with Crippen LogP contribution in [0.2, 0.25) is 0 Å². The van der Waals surface area contributed by atoms with E-state index in [1.54, 1.807) is 0 Å². The molecule has 2 aliphatic rings. The Labute approximate surface area is 117 Å². The molecule has 4 atom stereocenters. The minimum Gasteiger partial charge on any atom is -0.388 e. The molecule has 0 saturated heterocycles. The normalized spacial score (nSPS) is 30.1. The molecule has 106 valence electrons. The van der Waals surface area contributed by atoms with Crippen LogP contribution in [0.25, 0.3) is 11.0 Å². The highest BCUT2D eigenvalue weighted by Gasteiger charge is 2.40. The van der Waals surface area contributed by atoms with Crippen molar-refractivity contribution in [2.24, 2.45) is 17.8 Å². The summed E-state index contributed by atoms with van der Waals surface area (Å²) in [6.45, 7) is 0. The van der Waals surface area contributed by atoms with Crippen molar-refractivity contribution in [2.45, 2.75) is 38.2 Å². The summed E-state index contributed by atoms with van der Waals surface area (Å²) in [6.07, 6.45) is 5.87. The van der Waals surface area contributed by atoms with Gasteiger partial charge >= 0.3 is 5.69 Å². The average molecular weight is 272 g/mol. The first-order chi connectivity index (χ1) is 9.69. The van der Waals surface area contributed by atoms with Crippen molar-refractivity contribution in [2.75, 3.05) is 0 Å². The fraction of sp³-hybridized carbons (Fsp3) is 0.562. The lowest BCUT2D eigenvalue weighted by Gasteiger charge is -2.24. The van der Waals surface area contributed by atoms with E-state index < -0.39 is 6.10 Å². The largest absolute Gasteiger partial charge is 0.388 e. The highest BCUT2D eigenvalue weighted by atomic mass is 16.3. The molecule has 2 aromatic rings. The molecule has 4 unspecified atom stereocenters. The van der Waals surface area contributed by atoms with Crippen LogP contribution >= 0.6 is 0 Å². The van der Waals surface area contributed by atoms with Crippen LogP contribution in [0.1, 0.15) is 43.8 Å². The first-order valence-electron chi connectivity index (χ1n) is 7.59. The second-order valence-corrected chi connectivity index (χ2v) is 6.57. The fourth-order valence-electron chi connectivity index (χ4n) is 4.35. The van der Waals surface area contributed by atoms with Crippen molar-refractivity contribution >= 4 is 11.0 Å². The zero-order valence-corrected chi connectivity index (χ0v) is 11.4. The predicted molar refractivity (Wildman–Crippen MR) is 77.4 cm³/mol. The molecule has 0 radical (unpaired) electrons. The predicted octanol–water partition coefficient (Wildman–Crippen LogP) is 2.72. The summed E-state index contributed by atoms with van der Waals surface area (Å²) in [6, 6.07) is 5.68. The van der Waals surface area contributed by atoms with Crippen LogP contribution in [-0.2, 0) is 0 Å². The fourth-order valence-corrected chi connectivity index (χ4v) is 4.35. The third-order valence-electron chi connectivity index (χ3n) is 5.34. The molecule has 4 nitrogen and oxygen atoms in total. The van der Waals surface area contributed by atoms with E-state index in [4.69, 9.17) is 0 Å². The van der Waals surface area contributed by atoms with Crippen molar-refractivity contribution in [3.05, 3.63) is 34.2 Å². The molecule has 20 heavy (non-hydrogen) atoms. The number of aromatic amines is 2. The summed E-state index contributed by atoms with van der Waals surface area (Å²) in [5.74, 6) is 2.44. The summed E-state index contributed by atoms with van der Waals surface area (Å²) in [4.78, 5) is 16.7. The Bertz CT molecular complexity index is 687. The van der Waals surface area contributed by atoms with Gasteiger partial charge in [0.15, 0.2) is 0 Å². The zero-order valence-electron chi connectivity index (χ0n) is 11.4. The zero-order chi connectivity index (χ0) is 13.7. The van der Waals surface area contributed by atoms with Gasteiger partial charge in [-0.2, -0.15) is 0 Å². The summed E-state index contributed by atoms with van der Waals surface area (Å²) in [5, 5.41) is 10.5. The number of H-pyrrole nitrogens is 2. The number of benzene rings is 1. The standard InChI is InChI=1S/C16H20N2O2/c19-15(8-12-6-9-1-2-10(12)5-9)11-3-4-13-14(7-11)18-16(20)17-13/h3-4,7,9-10,12,15,19H,1-2,5-6,8H2,(H2,17,18,20). The summed E-state index contributed by atoms with van der Waals surface area (Å²) >= 11 is 0. The van der Waals surface area contributed by atoms with Gasteiger partial charge < -0.3 is 15.1 Å². The lowest BCUT2D eigenvalue weighted by Crippen LogP contribution is -2.14. The molecule has 2 aliphatic carbocycles. The Balaban J connectivity index is 1.54. The van der Waals surface area contributed by atoms with Gasteiger partial charge in [0.25, 0.3) is 0 Å². The Morgan fingerprint density at radius 1 is 1.20 bits per heavy atom. The average Bonchev–Trinajstić information content (AvgIpc) is 3.10. The molecule has 0 amide bonds. The maximum absolute atomic E-state index is 11.3. The molecule has 2 bridgehead atoms. The van der Waals surface area contributed by atoms with E-state index in [0.29, 0.717) is 5.92 Å². The van der Waals surface area contributed by atoms with E-state index >= 15 is 0 Å². The van der Waals surface area contributed by atoms with E-state index in [0.717, 1.165) is 34.9 Å². The summed E-state index contributed by atoms with van der Waals surface area (Å²) < 4.78 is 0. The van der Waals surface area contributed by atoms with Gasteiger partial charge in [0.2, 0.25) is 0 Å². The molecule has 1 aromatic carbocycles. The summed E-state index contributed by atoms with van der Waals surface area (Å²) in [5.41, 5.74) is 2.29. The van der Waals surface area contributed by atoms with E-state index in [9.17, 15) is 9.90 Å². The Morgan fingerprint density at radius 3 is 2.80 bits per heavy atom. The third kappa shape index (κ3) is 1.99. The molecule has 4 heteroatoms. The van der Waals surface area contributed by atoms with Crippen LogP contribution in [-0.4, -0.2) is 15.1 Å². The highest BCUT2D eigenvalue weighted by molar-refractivity contribution is 5.75. The third-order valence-corrected chi connectivity index (χ3v) is 5.34. The molecule has 3 N–H and O–H groups in total. The second-order valence-electron chi connectivity index (χ2n) is 6.57. The second kappa shape index (κ2) is 4.48. The Hall–Kier alpha value is -1.55. The van der Waals surface area contributed by atoms with Crippen molar-refractivity contribution in [3.8, 4) is 0 Å². The van der Waals surface area contributed by atoms with E-state index in [1.165, 1.54) is 25.7 Å². The molecule has 1 aromatic heterocycles. The first kappa shape index (κ1) is 12.2. The minimum atomic E-state index is -0.415. The maximum Gasteiger partial charge on any atom is 0.323 e. The molecular formula is C16H20N2O2. The van der Waals surface area contributed by atoms with Crippen molar-refractivity contribution in [3.63, 3.8) is 0 Å². The molecule has 1 heterocycles. The van der Waals surface area contributed by atoms with Gasteiger partial charge in [0, 0.05) is 0 Å².